The number of sulfonamides is 1. The standard InChI is InChI=1S/C22H26N4O5S/c1-14-5-3-7-18(15(14)2)23-21(27)13-26(12-16-6-4-10-31-16)32(29,30)17-8-9-19-20(11-17)25-22(28)24-19/h3,5,7-9,11,16H,4,6,10,12-13H2,1-2H3,(H,23,27)(H2,24,25,28)/t16-/m1/s1. The molecule has 3 aromatic rings. The molecule has 0 spiro atoms. The molecule has 2 aromatic carbocycles. The number of benzene rings is 2. The number of amides is 1. The summed E-state index contributed by atoms with van der Waals surface area (Å²) in [6, 6.07) is 9.92. The van der Waals surface area contributed by atoms with E-state index in [-0.39, 0.29) is 24.1 Å². The molecule has 0 radical (unpaired) electrons. The van der Waals surface area contributed by atoms with Gasteiger partial charge in [0.25, 0.3) is 0 Å². The molecule has 0 unspecified atom stereocenters. The van der Waals surface area contributed by atoms with Gasteiger partial charge in [-0.25, -0.2) is 13.2 Å². The Hall–Kier alpha value is -2.95. The maximum atomic E-state index is 13.5. The summed E-state index contributed by atoms with van der Waals surface area (Å²) in [6.45, 7) is 4.14. The number of imidazole rings is 1. The number of nitrogens with one attached hydrogen (secondary N) is 3. The van der Waals surface area contributed by atoms with Crippen molar-refractivity contribution in [1.29, 1.82) is 0 Å². The molecular formula is C22H26N4O5S. The van der Waals surface area contributed by atoms with Crippen LogP contribution in [-0.2, 0) is 19.6 Å². The van der Waals surface area contributed by atoms with Crippen LogP contribution in [0.4, 0.5) is 5.69 Å². The van der Waals surface area contributed by atoms with Crippen LogP contribution >= 0.6 is 0 Å². The smallest absolute Gasteiger partial charge is 0.323 e. The number of anilines is 1. The highest BCUT2D eigenvalue weighted by molar-refractivity contribution is 7.89. The van der Waals surface area contributed by atoms with E-state index in [0.29, 0.717) is 23.3 Å². The zero-order valence-corrected chi connectivity index (χ0v) is 18.8. The van der Waals surface area contributed by atoms with Crippen LogP contribution in [0.2, 0.25) is 0 Å². The average molecular weight is 459 g/mol. The van der Waals surface area contributed by atoms with E-state index in [1.54, 1.807) is 6.07 Å². The molecule has 32 heavy (non-hydrogen) atoms. The molecule has 2 heterocycles. The number of hydrogen-bond acceptors (Lipinski definition) is 5. The van der Waals surface area contributed by atoms with Gasteiger partial charge in [0.2, 0.25) is 15.9 Å². The summed E-state index contributed by atoms with van der Waals surface area (Å²) in [5.74, 6) is -0.434. The Morgan fingerprint density at radius 3 is 2.72 bits per heavy atom. The minimum Gasteiger partial charge on any atom is -0.377 e. The van der Waals surface area contributed by atoms with Gasteiger partial charge in [-0.05, 0) is 62.1 Å². The molecule has 9 nitrogen and oxygen atoms in total. The Bertz CT molecular complexity index is 1310. The van der Waals surface area contributed by atoms with E-state index < -0.39 is 21.6 Å². The first-order valence-electron chi connectivity index (χ1n) is 10.4. The van der Waals surface area contributed by atoms with Crippen LogP contribution in [0.1, 0.15) is 24.0 Å². The van der Waals surface area contributed by atoms with E-state index >= 15 is 0 Å². The number of aryl methyl sites for hydroxylation is 1. The van der Waals surface area contributed by atoms with Crippen LogP contribution in [0.3, 0.4) is 0 Å². The van der Waals surface area contributed by atoms with Crippen LogP contribution < -0.4 is 11.0 Å². The largest absolute Gasteiger partial charge is 0.377 e. The van der Waals surface area contributed by atoms with Crippen LogP contribution in [-0.4, -0.2) is 54.4 Å². The van der Waals surface area contributed by atoms with Crippen LogP contribution in [0, 0.1) is 13.8 Å². The highest BCUT2D eigenvalue weighted by Gasteiger charge is 2.31. The predicted molar refractivity (Wildman–Crippen MR) is 121 cm³/mol. The Kier molecular flexibility index (Phi) is 6.18. The molecule has 1 saturated heterocycles. The number of carbonyl (C=O) groups excluding carboxylic acids is 1. The monoisotopic (exact) mass is 458 g/mol. The number of fused-ring (bicyclic) bond motifs is 1. The van der Waals surface area contributed by atoms with Gasteiger partial charge in [0, 0.05) is 18.8 Å². The molecule has 10 heteroatoms. The Morgan fingerprint density at radius 1 is 1.19 bits per heavy atom. The number of nitrogens with zero attached hydrogens (tertiary/aromatic N) is 1. The maximum Gasteiger partial charge on any atom is 0.323 e. The first kappa shape index (κ1) is 22.3. The molecule has 3 N–H and O–H groups in total. The number of rotatable bonds is 7. The van der Waals surface area contributed by atoms with Gasteiger partial charge in [-0.3, -0.25) is 4.79 Å². The topological polar surface area (TPSA) is 124 Å². The highest BCUT2D eigenvalue weighted by Crippen LogP contribution is 2.23. The molecule has 1 aromatic heterocycles. The van der Waals surface area contributed by atoms with Crippen molar-refractivity contribution in [1.82, 2.24) is 14.3 Å². The van der Waals surface area contributed by atoms with E-state index in [9.17, 15) is 18.0 Å². The minimum absolute atomic E-state index is 0.00205. The lowest BCUT2D eigenvalue weighted by atomic mass is 10.1. The quantitative estimate of drug-likeness (QED) is 0.501. The first-order chi connectivity index (χ1) is 15.2. The number of H-pyrrole nitrogens is 2. The Balaban J connectivity index is 1.61. The van der Waals surface area contributed by atoms with Gasteiger partial charge in [0.1, 0.15) is 0 Å². The van der Waals surface area contributed by atoms with Gasteiger partial charge in [0.05, 0.1) is 28.6 Å². The SMILES string of the molecule is Cc1cccc(NC(=O)CN(C[C@H]2CCCO2)S(=O)(=O)c2ccc3[nH]c(=O)[nH]c3c2)c1C. The fourth-order valence-corrected chi connectivity index (χ4v) is 5.28. The van der Waals surface area contributed by atoms with Crippen molar-refractivity contribution in [3.8, 4) is 0 Å². The van der Waals surface area contributed by atoms with Crippen molar-refractivity contribution in [2.45, 2.75) is 37.7 Å². The van der Waals surface area contributed by atoms with Crippen molar-refractivity contribution in [3.63, 3.8) is 0 Å². The summed E-state index contributed by atoms with van der Waals surface area (Å²) in [5.41, 5.74) is 3.08. The highest BCUT2D eigenvalue weighted by atomic mass is 32.2. The molecule has 0 bridgehead atoms. The number of ether oxygens (including phenoxy) is 1. The molecule has 1 fully saturated rings. The number of aromatic nitrogens is 2. The van der Waals surface area contributed by atoms with E-state index in [2.05, 4.69) is 15.3 Å². The molecule has 0 saturated carbocycles. The second-order valence-corrected chi connectivity index (χ2v) is 9.95. The molecule has 4 rings (SSSR count). The lowest BCUT2D eigenvalue weighted by Crippen LogP contribution is -2.42. The lowest BCUT2D eigenvalue weighted by Gasteiger charge is -2.24. The van der Waals surface area contributed by atoms with Gasteiger partial charge in [-0.1, -0.05) is 12.1 Å². The predicted octanol–water partition coefficient (Wildman–Crippen LogP) is 2.28. The summed E-state index contributed by atoms with van der Waals surface area (Å²) in [6.07, 6.45) is 1.31. The second-order valence-electron chi connectivity index (χ2n) is 8.01. The molecule has 1 aliphatic rings. The lowest BCUT2D eigenvalue weighted by molar-refractivity contribution is -0.116. The van der Waals surface area contributed by atoms with Crippen molar-refractivity contribution < 1.29 is 17.9 Å². The van der Waals surface area contributed by atoms with Crippen molar-refractivity contribution in [3.05, 3.63) is 58.0 Å². The molecule has 1 aliphatic heterocycles. The van der Waals surface area contributed by atoms with Crippen LogP contribution in [0.5, 0.6) is 0 Å². The van der Waals surface area contributed by atoms with Gasteiger partial charge in [0.15, 0.2) is 0 Å². The summed E-state index contributed by atoms with van der Waals surface area (Å²) in [7, 11) is -4.02. The van der Waals surface area contributed by atoms with E-state index in [0.717, 1.165) is 28.3 Å². The molecule has 1 atom stereocenters. The van der Waals surface area contributed by atoms with Crippen LogP contribution in [0.25, 0.3) is 11.0 Å². The van der Waals surface area contributed by atoms with Crippen molar-refractivity contribution >= 4 is 32.7 Å². The molecule has 0 aliphatic carbocycles. The average Bonchev–Trinajstić information content (AvgIpc) is 3.38. The molecule has 1 amide bonds. The van der Waals surface area contributed by atoms with Crippen LogP contribution in [0.15, 0.2) is 46.1 Å². The fourth-order valence-electron chi connectivity index (χ4n) is 3.82. The zero-order chi connectivity index (χ0) is 22.9. The third-order valence-electron chi connectivity index (χ3n) is 5.76. The first-order valence-corrected chi connectivity index (χ1v) is 11.9. The van der Waals surface area contributed by atoms with E-state index in [4.69, 9.17) is 4.74 Å². The summed E-state index contributed by atoms with van der Waals surface area (Å²) >= 11 is 0. The third-order valence-corrected chi connectivity index (χ3v) is 7.56. The summed E-state index contributed by atoms with van der Waals surface area (Å²) in [4.78, 5) is 29.5. The number of carbonyl (C=O) groups is 1. The van der Waals surface area contributed by atoms with Gasteiger partial charge in [-0.15, -0.1) is 0 Å². The Labute approximate surface area is 185 Å². The fraction of sp³-hybridized carbons (Fsp3) is 0.364. The van der Waals surface area contributed by atoms with Crippen molar-refractivity contribution in [2.75, 3.05) is 25.0 Å². The van der Waals surface area contributed by atoms with E-state index in [1.807, 2.05) is 26.0 Å². The van der Waals surface area contributed by atoms with Gasteiger partial charge >= 0.3 is 5.69 Å². The third kappa shape index (κ3) is 4.62. The normalized spacial score (nSPS) is 16.7. The summed E-state index contributed by atoms with van der Waals surface area (Å²) in [5, 5.41) is 2.82. The molecule has 170 valence electrons. The Morgan fingerprint density at radius 2 is 1.97 bits per heavy atom. The summed E-state index contributed by atoms with van der Waals surface area (Å²) < 4.78 is 33.7. The number of hydrogen-bond donors (Lipinski definition) is 3. The number of aromatic amines is 2. The van der Waals surface area contributed by atoms with Crippen molar-refractivity contribution in [2.24, 2.45) is 0 Å². The zero-order valence-electron chi connectivity index (χ0n) is 18.0. The second kappa shape index (κ2) is 8.89. The maximum absolute atomic E-state index is 13.5. The van der Waals surface area contributed by atoms with Gasteiger partial charge in [-0.2, -0.15) is 4.31 Å². The minimum atomic E-state index is -4.02. The van der Waals surface area contributed by atoms with Gasteiger partial charge < -0.3 is 20.0 Å². The van der Waals surface area contributed by atoms with E-state index in [1.165, 1.54) is 18.2 Å². The molecular weight excluding hydrogens is 432 g/mol.